The van der Waals surface area contributed by atoms with Gasteiger partial charge in [0.1, 0.15) is 5.82 Å². The molecule has 1 aliphatic carbocycles. The van der Waals surface area contributed by atoms with Crippen molar-refractivity contribution in [2.24, 2.45) is 5.92 Å². The molecular weight excluding hydrogens is 251 g/mol. The van der Waals surface area contributed by atoms with Crippen molar-refractivity contribution in [1.82, 2.24) is 10.2 Å². The summed E-state index contributed by atoms with van der Waals surface area (Å²) in [6.45, 7) is 3.20. The SMILES string of the molecule is CNC(CN(C)C1CCCCC1C)c1ccccc1F. The molecule has 0 radical (unpaired) electrons. The molecule has 0 heterocycles. The third-order valence-corrected chi connectivity index (χ3v) is 4.73. The predicted octanol–water partition coefficient (Wildman–Crippen LogP) is 3.60. The Morgan fingerprint density at radius 1 is 1.30 bits per heavy atom. The van der Waals surface area contributed by atoms with Crippen molar-refractivity contribution in [1.29, 1.82) is 0 Å². The highest BCUT2D eigenvalue weighted by molar-refractivity contribution is 5.21. The number of hydrogen-bond donors (Lipinski definition) is 1. The van der Waals surface area contributed by atoms with Crippen molar-refractivity contribution in [3.8, 4) is 0 Å². The molecule has 3 heteroatoms. The van der Waals surface area contributed by atoms with E-state index in [2.05, 4.69) is 24.2 Å². The molecule has 3 unspecified atom stereocenters. The summed E-state index contributed by atoms with van der Waals surface area (Å²) in [6, 6.07) is 7.77. The minimum absolute atomic E-state index is 0.0512. The first-order chi connectivity index (χ1) is 9.63. The fraction of sp³-hybridized carbons (Fsp3) is 0.647. The molecule has 0 saturated heterocycles. The number of rotatable bonds is 5. The molecule has 2 rings (SSSR count). The van der Waals surface area contributed by atoms with E-state index in [0.29, 0.717) is 6.04 Å². The van der Waals surface area contributed by atoms with Crippen molar-refractivity contribution in [2.75, 3.05) is 20.6 Å². The molecule has 2 nitrogen and oxygen atoms in total. The summed E-state index contributed by atoms with van der Waals surface area (Å²) in [5.41, 5.74) is 0.769. The molecule has 0 aliphatic heterocycles. The van der Waals surface area contributed by atoms with Crippen LogP contribution in [-0.2, 0) is 0 Å². The van der Waals surface area contributed by atoms with Crippen LogP contribution in [0.15, 0.2) is 24.3 Å². The lowest BCUT2D eigenvalue weighted by Gasteiger charge is -2.38. The van der Waals surface area contributed by atoms with Gasteiger partial charge < -0.3 is 10.2 Å². The molecule has 0 aromatic heterocycles. The zero-order valence-corrected chi connectivity index (χ0v) is 12.9. The van der Waals surface area contributed by atoms with E-state index in [9.17, 15) is 4.39 Å². The van der Waals surface area contributed by atoms with Gasteiger partial charge in [-0.1, -0.05) is 38.0 Å². The number of benzene rings is 1. The second kappa shape index (κ2) is 7.19. The fourth-order valence-corrected chi connectivity index (χ4v) is 3.48. The molecule has 112 valence electrons. The van der Waals surface area contributed by atoms with Crippen LogP contribution in [0.3, 0.4) is 0 Å². The highest BCUT2D eigenvalue weighted by Gasteiger charge is 2.27. The van der Waals surface area contributed by atoms with Crippen LogP contribution in [0.1, 0.15) is 44.2 Å². The Morgan fingerprint density at radius 2 is 2.00 bits per heavy atom. The van der Waals surface area contributed by atoms with Gasteiger partial charge in [0.15, 0.2) is 0 Å². The number of hydrogen-bond acceptors (Lipinski definition) is 2. The van der Waals surface area contributed by atoms with Crippen LogP contribution >= 0.6 is 0 Å². The smallest absolute Gasteiger partial charge is 0.128 e. The number of nitrogens with one attached hydrogen (secondary N) is 1. The van der Waals surface area contributed by atoms with Gasteiger partial charge in [-0.05, 0) is 38.9 Å². The maximum Gasteiger partial charge on any atom is 0.128 e. The second-order valence-corrected chi connectivity index (χ2v) is 6.13. The van der Waals surface area contributed by atoms with Gasteiger partial charge in [-0.15, -0.1) is 0 Å². The lowest BCUT2D eigenvalue weighted by atomic mass is 9.85. The van der Waals surface area contributed by atoms with Gasteiger partial charge >= 0.3 is 0 Å². The van der Waals surface area contributed by atoms with Crippen LogP contribution in [0.5, 0.6) is 0 Å². The maximum absolute atomic E-state index is 13.9. The van der Waals surface area contributed by atoms with Gasteiger partial charge in [-0.2, -0.15) is 0 Å². The van der Waals surface area contributed by atoms with Gasteiger partial charge in [0.05, 0.1) is 0 Å². The van der Waals surface area contributed by atoms with Gasteiger partial charge in [0, 0.05) is 24.2 Å². The van der Waals surface area contributed by atoms with E-state index in [-0.39, 0.29) is 11.9 Å². The first-order valence-corrected chi connectivity index (χ1v) is 7.75. The molecule has 0 bridgehead atoms. The van der Waals surface area contributed by atoms with E-state index in [1.165, 1.54) is 25.7 Å². The van der Waals surface area contributed by atoms with E-state index >= 15 is 0 Å². The van der Waals surface area contributed by atoms with Gasteiger partial charge in [-0.25, -0.2) is 4.39 Å². The zero-order valence-electron chi connectivity index (χ0n) is 12.9. The Balaban J connectivity index is 2.04. The Labute approximate surface area is 122 Å². The monoisotopic (exact) mass is 278 g/mol. The molecule has 20 heavy (non-hydrogen) atoms. The summed E-state index contributed by atoms with van der Waals surface area (Å²) in [6.07, 6.45) is 5.27. The lowest BCUT2D eigenvalue weighted by molar-refractivity contribution is 0.128. The summed E-state index contributed by atoms with van der Waals surface area (Å²) in [5.74, 6) is 0.629. The summed E-state index contributed by atoms with van der Waals surface area (Å²) in [4.78, 5) is 2.41. The molecule has 0 spiro atoms. The maximum atomic E-state index is 13.9. The van der Waals surface area contributed by atoms with E-state index in [1.807, 2.05) is 19.2 Å². The van der Waals surface area contributed by atoms with Crippen molar-refractivity contribution in [3.05, 3.63) is 35.6 Å². The topological polar surface area (TPSA) is 15.3 Å². The van der Waals surface area contributed by atoms with Crippen molar-refractivity contribution in [2.45, 2.75) is 44.7 Å². The number of nitrogens with zero attached hydrogens (tertiary/aromatic N) is 1. The molecule has 1 saturated carbocycles. The first-order valence-electron chi connectivity index (χ1n) is 7.75. The third-order valence-electron chi connectivity index (χ3n) is 4.73. The Hall–Kier alpha value is -0.930. The highest BCUT2D eigenvalue weighted by atomic mass is 19.1. The normalized spacial score (nSPS) is 24.9. The fourth-order valence-electron chi connectivity index (χ4n) is 3.48. The minimum atomic E-state index is -0.114. The molecule has 1 N–H and O–H groups in total. The van der Waals surface area contributed by atoms with E-state index < -0.39 is 0 Å². The first kappa shape index (κ1) is 15.5. The second-order valence-electron chi connectivity index (χ2n) is 6.13. The van der Waals surface area contributed by atoms with Crippen LogP contribution in [0.25, 0.3) is 0 Å². The van der Waals surface area contributed by atoms with Crippen LogP contribution in [0, 0.1) is 11.7 Å². The minimum Gasteiger partial charge on any atom is -0.312 e. The Kier molecular flexibility index (Phi) is 5.55. The number of halogens is 1. The number of likely N-dealkylation sites (N-methyl/N-ethyl adjacent to an activating group) is 2. The average Bonchev–Trinajstić information content (AvgIpc) is 2.46. The predicted molar refractivity (Wildman–Crippen MR) is 82.3 cm³/mol. The van der Waals surface area contributed by atoms with E-state index in [0.717, 1.165) is 18.0 Å². The van der Waals surface area contributed by atoms with Gasteiger partial charge in [0.2, 0.25) is 0 Å². The lowest BCUT2D eigenvalue weighted by Crippen LogP contribution is -2.43. The van der Waals surface area contributed by atoms with Crippen LogP contribution in [0.2, 0.25) is 0 Å². The van der Waals surface area contributed by atoms with Crippen molar-refractivity contribution < 1.29 is 4.39 Å². The van der Waals surface area contributed by atoms with Crippen LogP contribution in [-0.4, -0.2) is 31.6 Å². The molecular formula is C17H27FN2. The summed E-state index contributed by atoms with van der Waals surface area (Å²) in [7, 11) is 4.09. The molecule has 1 aromatic rings. The van der Waals surface area contributed by atoms with Gasteiger partial charge in [-0.3, -0.25) is 0 Å². The largest absolute Gasteiger partial charge is 0.312 e. The standard InChI is InChI=1S/C17H27FN2/c1-13-8-4-7-11-17(13)20(3)12-16(19-2)14-9-5-6-10-15(14)18/h5-6,9-10,13,16-17,19H,4,7-8,11-12H2,1-3H3. The highest BCUT2D eigenvalue weighted by Crippen LogP contribution is 2.28. The third kappa shape index (κ3) is 3.58. The summed E-state index contributed by atoms with van der Waals surface area (Å²) < 4.78 is 13.9. The summed E-state index contributed by atoms with van der Waals surface area (Å²) >= 11 is 0. The molecule has 1 aliphatic rings. The van der Waals surface area contributed by atoms with Crippen molar-refractivity contribution in [3.63, 3.8) is 0 Å². The quantitative estimate of drug-likeness (QED) is 0.885. The zero-order chi connectivity index (χ0) is 14.5. The van der Waals surface area contributed by atoms with Gasteiger partial charge in [0.25, 0.3) is 0 Å². The van der Waals surface area contributed by atoms with Crippen LogP contribution < -0.4 is 5.32 Å². The summed E-state index contributed by atoms with van der Waals surface area (Å²) in [5, 5.41) is 3.26. The van der Waals surface area contributed by atoms with E-state index in [4.69, 9.17) is 0 Å². The molecule has 0 amide bonds. The average molecular weight is 278 g/mol. The molecule has 1 aromatic carbocycles. The molecule has 3 atom stereocenters. The molecule has 1 fully saturated rings. The Morgan fingerprint density at radius 3 is 2.65 bits per heavy atom. The van der Waals surface area contributed by atoms with Crippen molar-refractivity contribution >= 4 is 0 Å². The van der Waals surface area contributed by atoms with E-state index in [1.54, 1.807) is 12.1 Å². The van der Waals surface area contributed by atoms with Crippen LogP contribution in [0.4, 0.5) is 4.39 Å². The Bertz CT molecular complexity index is 421.